The molecule has 6 nitrogen and oxygen atoms in total. The molecule has 1 heterocycles. The third kappa shape index (κ3) is 6.06. The summed E-state index contributed by atoms with van der Waals surface area (Å²) in [6, 6.07) is 13.9. The van der Waals surface area contributed by atoms with Crippen LogP contribution in [0.5, 0.6) is 5.75 Å². The molecule has 29 heavy (non-hydrogen) atoms. The molecule has 2 aromatic rings. The highest BCUT2D eigenvalue weighted by Gasteiger charge is 2.16. The molecule has 0 bridgehead atoms. The second kappa shape index (κ2) is 10.1. The first-order valence-electron chi connectivity index (χ1n) is 10.1. The van der Waals surface area contributed by atoms with Crippen molar-refractivity contribution in [2.24, 2.45) is 0 Å². The summed E-state index contributed by atoms with van der Waals surface area (Å²) in [5.41, 5.74) is 1.69. The molecule has 0 saturated carbocycles. The highest BCUT2D eigenvalue weighted by atomic mass is 16.5. The number of rotatable bonds is 8. The lowest BCUT2D eigenvalue weighted by atomic mass is 10.1. The normalized spacial score (nSPS) is 16.8. The van der Waals surface area contributed by atoms with E-state index in [9.17, 15) is 9.59 Å². The van der Waals surface area contributed by atoms with Gasteiger partial charge in [0.15, 0.2) is 0 Å². The van der Waals surface area contributed by atoms with Gasteiger partial charge in [0, 0.05) is 30.0 Å². The number of carbonyl (C=O) groups is 2. The summed E-state index contributed by atoms with van der Waals surface area (Å²) in [6.07, 6.45) is 3.12. The van der Waals surface area contributed by atoms with Crippen LogP contribution in [0.25, 0.3) is 0 Å². The first kappa shape index (κ1) is 20.9. The van der Waals surface area contributed by atoms with Gasteiger partial charge in [0.2, 0.25) is 0 Å². The third-order valence-electron chi connectivity index (χ3n) is 4.93. The lowest BCUT2D eigenvalue weighted by Crippen LogP contribution is -2.31. The molecular weight excluding hydrogens is 368 g/mol. The predicted molar refractivity (Wildman–Crippen MR) is 113 cm³/mol. The number of carbonyl (C=O) groups excluding carboxylic acids is 2. The zero-order valence-electron chi connectivity index (χ0n) is 16.9. The van der Waals surface area contributed by atoms with E-state index in [0.29, 0.717) is 29.1 Å². The molecule has 2 amide bonds. The Bertz CT molecular complexity index is 829. The lowest BCUT2D eigenvalue weighted by molar-refractivity contribution is 0.0857. The van der Waals surface area contributed by atoms with Crippen LogP contribution in [0.15, 0.2) is 48.5 Å². The molecule has 0 spiro atoms. The topological polar surface area (TPSA) is 76.7 Å². The molecule has 0 radical (unpaired) electrons. The molecule has 2 N–H and O–H groups in total. The number of nitrogens with one attached hydrogen (secondary N) is 2. The largest absolute Gasteiger partial charge is 0.491 e. The van der Waals surface area contributed by atoms with E-state index in [0.717, 1.165) is 25.9 Å². The van der Waals surface area contributed by atoms with Gasteiger partial charge in [-0.05, 0) is 68.7 Å². The fraction of sp³-hybridized carbons (Fsp3) is 0.391. The number of amides is 2. The van der Waals surface area contributed by atoms with Crippen molar-refractivity contribution in [3.63, 3.8) is 0 Å². The fourth-order valence-electron chi connectivity index (χ4n) is 3.05. The summed E-state index contributed by atoms with van der Waals surface area (Å²) in [6.45, 7) is 5.33. The Labute approximate surface area is 171 Å². The van der Waals surface area contributed by atoms with Crippen molar-refractivity contribution in [1.82, 2.24) is 5.32 Å². The van der Waals surface area contributed by atoms with E-state index in [2.05, 4.69) is 10.6 Å². The van der Waals surface area contributed by atoms with Gasteiger partial charge in [0.05, 0.1) is 12.2 Å². The Morgan fingerprint density at radius 3 is 2.62 bits per heavy atom. The Morgan fingerprint density at radius 1 is 1.14 bits per heavy atom. The zero-order valence-corrected chi connectivity index (χ0v) is 16.9. The van der Waals surface area contributed by atoms with Gasteiger partial charge < -0.3 is 20.1 Å². The summed E-state index contributed by atoms with van der Waals surface area (Å²) in [7, 11) is 0. The van der Waals surface area contributed by atoms with Crippen LogP contribution in [0.3, 0.4) is 0 Å². The van der Waals surface area contributed by atoms with E-state index in [4.69, 9.17) is 9.47 Å². The van der Waals surface area contributed by atoms with E-state index in [1.165, 1.54) is 0 Å². The summed E-state index contributed by atoms with van der Waals surface area (Å²) >= 11 is 0. The van der Waals surface area contributed by atoms with Gasteiger partial charge in [-0.15, -0.1) is 0 Å². The van der Waals surface area contributed by atoms with Crippen LogP contribution in [0.2, 0.25) is 0 Å². The SMILES string of the molecule is CCC(C)Oc1cccc(C(=O)Nc2ccc(C(=O)NCC3CCCO3)cc2)c1. The van der Waals surface area contributed by atoms with Gasteiger partial charge >= 0.3 is 0 Å². The first-order chi connectivity index (χ1) is 14.0. The molecule has 2 aromatic carbocycles. The standard InChI is InChI=1S/C23H28N2O4/c1-3-16(2)29-20-7-4-6-18(14-20)23(27)25-19-11-9-17(10-12-19)22(26)24-15-21-8-5-13-28-21/h4,6-7,9-12,14,16,21H,3,5,8,13,15H2,1-2H3,(H,24,26)(H,25,27). The lowest BCUT2D eigenvalue weighted by Gasteiger charge is -2.13. The molecule has 2 unspecified atom stereocenters. The van der Waals surface area contributed by atoms with Gasteiger partial charge in [0.25, 0.3) is 11.8 Å². The van der Waals surface area contributed by atoms with Crippen LogP contribution >= 0.6 is 0 Å². The minimum Gasteiger partial charge on any atom is -0.491 e. The quantitative estimate of drug-likeness (QED) is 0.706. The van der Waals surface area contributed by atoms with Crippen LogP contribution in [0, 0.1) is 0 Å². The van der Waals surface area contributed by atoms with Gasteiger partial charge in [0.1, 0.15) is 5.75 Å². The van der Waals surface area contributed by atoms with E-state index in [1.807, 2.05) is 19.9 Å². The predicted octanol–water partition coefficient (Wildman–Crippen LogP) is 4.03. The Morgan fingerprint density at radius 2 is 1.93 bits per heavy atom. The maximum Gasteiger partial charge on any atom is 0.255 e. The molecule has 2 atom stereocenters. The fourth-order valence-corrected chi connectivity index (χ4v) is 3.05. The number of anilines is 1. The summed E-state index contributed by atoms with van der Waals surface area (Å²) in [5.74, 6) is 0.300. The van der Waals surface area contributed by atoms with Crippen molar-refractivity contribution in [2.75, 3.05) is 18.5 Å². The smallest absolute Gasteiger partial charge is 0.255 e. The summed E-state index contributed by atoms with van der Waals surface area (Å²) in [5, 5.41) is 5.74. The maximum atomic E-state index is 12.5. The van der Waals surface area contributed by atoms with Crippen LogP contribution in [0.4, 0.5) is 5.69 Å². The second-order valence-corrected chi connectivity index (χ2v) is 7.24. The molecule has 154 valence electrons. The van der Waals surface area contributed by atoms with Gasteiger partial charge in [-0.25, -0.2) is 0 Å². The van der Waals surface area contributed by atoms with Crippen LogP contribution in [-0.4, -0.2) is 37.2 Å². The number of benzene rings is 2. The average molecular weight is 396 g/mol. The average Bonchev–Trinajstić information content (AvgIpc) is 3.26. The monoisotopic (exact) mass is 396 g/mol. The number of hydrogen-bond donors (Lipinski definition) is 2. The zero-order chi connectivity index (χ0) is 20.6. The molecule has 0 aromatic heterocycles. The minimum absolute atomic E-state index is 0.0900. The van der Waals surface area contributed by atoms with Crippen molar-refractivity contribution < 1.29 is 19.1 Å². The second-order valence-electron chi connectivity index (χ2n) is 7.24. The van der Waals surface area contributed by atoms with E-state index >= 15 is 0 Å². The summed E-state index contributed by atoms with van der Waals surface area (Å²) < 4.78 is 11.3. The van der Waals surface area contributed by atoms with Gasteiger partial charge in [-0.1, -0.05) is 13.0 Å². The molecule has 1 aliphatic heterocycles. The van der Waals surface area contributed by atoms with E-state index < -0.39 is 0 Å². The molecule has 6 heteroatoms. The Hall–Kier alpha value is -2.86. The molecular formula is C23H28N2O4. The number of hydrogen-bond acceptors (Lipinski definition) is 4. The highest BCUT2D eigenvalue weighted by molar-refractivity contribution is 6.04. The first-order valence-corrected chi connectivity index (χ1v) is 10.1. The third-order valence-corrected chi connectivity index (χ3v) is 4.93. The van der Waals surface area contributed by atoms with Crippen LogP contribution < -0.4 is 15.4 Å². The van der Waals surface area contributed by atoms with Crippen LogP contribution in [-0.2, 0) is 4.74 Å². The number of ether oxygens (including phenoxy) is 2. The molecule has 1 fully saturated rings. The maximum absolute atomic E-state index is 12.5. The molecule has 1 aliphatic rings. The van der Waals surface area contributed by atoms with Crippen molar-refractivity contribution in [2.45, 2.75) is 45.3 Å². The van der Waals surface area contributed by atoms with Crippen molar-refractivity contribution >= 4 is 17.5 Å². The Kier molecular flexibility index (Phi) is 7.25. The van der Waals surface area contributed by atoms with Crippen molar-refractivity contribution in [3.8, 4) is 5.75 Å². The van der Waals surface area contributed by atoms with Crippen molar-refractivity contribution in [1.29, 1.82) is 0 Å². The summed E-state index contributed by atoms with van der Waals surface area (Å²) in [4.78, 5) is 24.8. The van der Waals surface area contributed by atoms with Gasteiger partial charge in [-0.3, -0.25) is 9.59 Å². The van der Waals surface area contributed by atoms with Crippen molar-refractivity contribution in [3.05, 3.63) is 59.7 Å². The van der Waals surface area contributed by atoms with E-state index in [1.54, 1.807) is 42.5 Å². The highest BCUT2D eigenvalue weighted by Crippen LogP contribution is 2.18. The van der Waals surface area contributed by atoms with Gasteiger partial charge in [-0.2, -0.15) is 0 Å². The molecule has 1 saturated heterocycles. The molecule has 3 rings (SSSR count). The minimum atomic E-state index is -0.227. The van der Waals surface area contributed by atoms with E-state index in [-0.39, 0.29) is 24.0 Å². The molecule has 0 aliphatic carbocycles. The van der Waals surface area contributed by atoms with Crippen LogP contribution in [0.1, 0.15) is 53.8 Å². The Balaban J connectivity index is 1.55.